The van der Waals surface area contributed by atoms with E-state index in [1.54, 1.807) is 11.3 Å². The third kappa shape index (κ3) is 4.23. The van der Waals surface area contributed by atoms with E-state index in [1.165, 1.54) is 22.0 Å². The Morgan fingerprint density at radius 2 is 2.22 bits per heavy atom. The lowest BCUT2D eigenvalue weighted by Crippen LogP contribution is -2.41. The number of nitrogens with zero attached hydrogens (tertiary/aromatic N) is 3. The Kier molecular flexibility index (Phi) is 6.83. The van der Waals surface area contributed by atoms with Crippen molar-refractivity contribution >= 4 is 47.0 Å². The number of aryl methyl sites for hydroxylation is 1. The Balaban J connectivity index is 0.00000192. The lowest BCUT2D eigenvalue weighted by atomic mass is 10.2. The molecule has 23 heavy (non-hydrogen) atoms. The van der Waals surface area contributed by atoms with Crippen molar-refractivity contribution in [3.8, 4) is 0 Å². The molecule has 0 fully saturated rings. The minimum absolute atomic E-state index is 0. The van der Waals surface area contributed by atoms with Crippen LogP contribution in [0.2, 0.25) is 0 Å². The predicted octanol–water partition coefficient (Wildman–Crippen LogP) is 3.50. The number of nitrogens with one attached hydrogen (secondary N) is 1. The highest BCUT2D eigenvalue weighted by atomic mass is 127. The van der Waals surface area contributed by atoms with Gasteiger partial charge in [0.15, 0.2) is 5.96 Å². The third-order valence-electron chi connectivity index (χ3n) is 3.92. The predicted molar refractivity (Wildman–Crippen MR) is 109 cm³/mol. The van der Waals surface area contributed by atoms with Crippen molar-refractivity contribution in [3.05, 3.63) is 45.9 Å². The number of rotatable bonds is 4. The molecule has 0 unspecified atom stereocenters. The summed E-state index contributed by atoms with van der Waals surface area (Å²) in [5.41, 5.74) is 3.85. The molecule has 0 amide bonds. The van der Waals surface area contributed by atoms with Crippen LogP contribution in [0.4, 0.5) is 5.69 Å². The Morgan fingerprint density at radius 3 is 2.96 bits per heavy atom. The van der Waals surface area contributed by atoms with Crippen molar-refractivity contribution in [2.24, 2.45) is 4.99 Å². The molecule has 4 nitrogen and oxygen atoms in total. The monoisotopic (exact) mass is 442 g/mol. The minimum atomic E-state index is 0. The van der Waals surface area contributed by atoms with Crippen LogP contribution in [0, 0.1) is 0 Å². The van der Waals surface area contributed by atoms with E-state index in [2.05, 4.69) is 56.8 Å². The number of guanidine groups is 1. The Morgan fingerprint density at radius 1 is 1.39 bits per heavy atom. The number of aliphatic imine (C=N–C) groups is 1. The first kappa shape index (κ1) is 18.2. The van der Waals surface area contributed by atoms with Gasteiger partial charge in [0, 0.05) is 37.6 Å². The van der Waals surface area contributed by atoms with Gasteiger partial charge in [-0.3, -0.25) is 4.99 Å². The maximum absolute atomic E-state index is 4.61. The molecule has 0 radical (unpaired) electrons. The van der Waals surface area contributed by atoms with Crippen molar-refractivity contribution < 1.29 is 0 Å². The van der Waals surface area contributed by atoms with E-state index >= 15 is 0 Å². The minimum Gasteiger partial charge on any atom is -0.356 e. The lowest BCUT2D eigenvalue weighted by molar-refractivity contribution is 0.819. The lowest BCUT2D eigenvalue weighted by Gasteiger charge is -2.22. The summed E-state index contributed by atoms with van der Waals surface area (Å²) in [5.74, 6) is 0.955. The number of anilines is 1. The molecule has 1 aliphatic heterocycles. The molecule has 1 N–H and O–H groups in total. The molecule has 3 rings (SSSR count). The van der Waals surface area contributed by atoms with Gasteiger partial charge in [-0.25, -0.2) is 4.98 Å². The van der Waals surface area contributed by atoms with Crippen molar-refractivity contribution in [2.45, 2.75) is 26.2 Å². The van der Waals surface area contributed by atoms with Gasteiger partial charge in [0.25, 0.3) is 0 Å². The number of para-hydroxylation sites is 1. The number of thiazole rings is 1. The van der Waals surface area contributed by atoms with Gasteiger partial charge in [0.2, 0.25) is 0 Å². The molecule has 0 atom stereocenters. The van der Waals surface area contributed by atoms with Crippen molar-refractivity contribution in [1.82, 2.24) is 10.3 Å². The highest BCUT2D eigenvalue weighted by molar-refractivity contribution is 14.0. The van der Waals surface area contributed by atoms with Crippen LogP contribution in [0.5, 0.6) is 0 Å². The van der Waals surface area contributed by atoms with Gasteiger partial charge in [-0.05, 0) is 24.5 Å². The van der Waals surface area contributed by atoms with E-state index in [-0.39, 0.29) is 24.0 Å². The van der Waals surface area contributed by atoms with Gasteiger partial charge >= 0.3 is 0 Å². The third-order valence-corrected chi connectivity index (χ3v) is 4.96. The topological polar surface area (TPSA) is 40.5 Å². The highest BCUT2D eigenvalue weighted by Crippen LogP contribution is 2.27. The summed E-state index contributed by atoms with van der Waals surface area (Å²) in [5, 5.41) is 6.85. The average Bonchev–Trinajstić information content (AvgIpc) is 3.18. The molecular formula is C17H23IN4S. The van der Waals surface area contributed by atoms with Crippen molar-refractivity contribution in [1.29, 1.82) is 0 Å². The van der Waals surface area contributed by atoms with Crippen LogP contribution >= 0.6 is 35.3 Å². The summed E-state index contributed by atoms with van der Waals surface area (Å²) in [6.07, 6.45) is 3.04. The highest BCUT2D eigenvalue weighted by Gasteiger charge is 2.22. The molecule has 0 saturated heterocycles. The zero-order valence-corrected chi connectivity index (χ0v) is 16.7. The molecule has 6 heteroatoms. The summed E-state index contributed by atoms with van der Waals surface area (Å²) in [7, 11) is 1.85. The number of hydrogen-bond acceptors (Lipinski definition) is 3. The van der Waals surface area contributed by atoms with Gasteiger partial charge in [-0.1, -0.05) is 25.1 Å². The molecule has 2 aromatic rings. The van der Waals surface area contributed by atoms with Crippen LogP contribution in [-0.2, 0) is 19.3 Å². The number of halogens is 1. The van der Waals surface area contributed by atoms with Crippen LogP contribution in [0.15, 0.2) is 34.6 Å². The quantitative estimate of drug-likeness (QED) is 0.448. The Hall–Kier alpha value is -1.15. The normalized spacial score (nSPS) is 13.7. The standard InChI is InChI=1S/C17H22N4S.HI/c1-3-16-20-14(12-22-16)8-10-19-17(18-2)21-11-9-13-6-4-5-7-15(13)21;/h4-7,12H,3,8-11H2,1-2H3,(H,18,19);1H. The number of aromatic nitrogens is 1. The SMILES string of the molecule is CCc1nc(CCNC(=NC)N2CCc3ccccc32)cs1.I. The van der Waals surface area contributed by atoms with E-state index in [0.717, 1.165) is 38.3 Å². The largest absolute Gasteiger partial charge is 0.356 e. The summed E-state index contributed by atoms with van der Waals surface area (Å²) in [4.78, 5) is 11.3. The molecule has 1 aliphatic rings. The number of hydrogen-bond donors (Lipinski definition) is 1. The second-order valence-electron chi connectivity index (χ2n) is 5.34. The van der Waals surface area contributed by atoms with Crippen LogP contribution in [0.1, 0.15) is 23.2 Å². The van der Waals surface area contributed by atoms with E-state index in [1.807, 2.05) is 7.05 Å². The van der Waals surface area contributed by atoms with E-state index in [0.29, 0.717) is 0 Å². The fourth-order valence-electron chi connectivity index (χ4n) is 2.78. The van der Waals surface area contributed by atoms with Crippen molar-refractivity contribution in [3.63, 3.8) is 0 Å². The first-order valence-electron chi connectivity index (χ1n) is 7.81. The van der Waals surface area contributed by atoms with E-state index < -0.39 is 0 Å². The second-order valence-corrected chi connectivity index (χ2v) is 6.28. The van der Waals surface area contributed by atoms with E-state index in [4.69, 9.17) is 0 Å². The molecule has 1 aromatic heterocycles. The van der Waals surface area contributed by atoms with Gasteiger partial charge in [-0.2, -0.15) is 0 Å². The summed E-state index contributed by atoms with van der Waals surface area (Å²) < 4.78 is 0. The van der Waals surface area contributed by atoms with E-state index in [9.17, 15) is 0 Å². The summed E-state index contributed by atoms with van der Waals surface area (Å²) in [6, 6.07) is 8.56. The zero-order valence-electron chi connectivity index (χ0n) is 13.6. The van der Waals surface area contributed by atoms with Gasteiger partial charge < -0.3 is 10.2 Å². The molecule has 0 aliphatic carbocycles. The summed E-state index contributed by atoms with van der Waals surface area (Å²) in [6.45, 7) is 4.00. The summed E-state index contributed by atoms with van der Waals surface area (Å²) >= 11 is 1.75. The van der Waals surface area contributed by atoms with Gasteiger partial charge in [0.1, 0.15) is 0 Å². The molecular weight excluding hydrogens is 419 g/mol. The fourth-order valence-corrected chi connectivity index (χ4v) is 3.56. The number of fused-ring (bicyclic) bond motifs is 1. The first-order chi connectivity index (χ1) is 10.8. The smallest absolute Gasteiger partial charge is 0.198 e. The Bertz CT molecular complexity index is 668. The maximum Gasteiger partial charge on any atom is 0.198 e. The molecule has 0 spiro atoms. The average molecular weight is 442 g/mol. The molecule has 2 heterocycles. The number of benzene rings is 1. The van der Waals surface area contributed by atoms with Crippen LogP contribution in [0.25, 0.3) is 0 Å². The first-order valence-corrected chi connectivity index (χ1v) is 8.69. The molecule has 0 bridgehead atoms. The maximum atomic E-state index is 4.61. The van der Waals surface area contributed by atoms with Crippen LogP contribution < -0.4 is 10.2 Å². The molecule has 124 valence electrons. The Labute approximate surface area is 159 Å². The van der Waals surface area contributed by atoms with Gasteiger partial charge in [-0.15, -0.1) is 35.3 Å². The molecule has 1 aromatic carbocycles. The van der Waals surface area contributed by atoms with Crippen molar-refractivity contribution in [2.75, 3.05) is 25.0 Å². The zero-order chi connectivity index (χ0) is 15.4. The second kappa shape index (κ2) is 8.63. The van der Waals surface area contributed by atoms with Crippen LogP contribution in [-0.4, -0.2) is 31.1 Å². The van der Waals surface area contributed by atoms with Crippen LogP contribution in [0.3, 0.4) is 0 Å². The fraction of sp³-hybridized carbons (Fsp3) is 0.412. The van der Waals surface area contributed by atoms with Gasteiger partial charge in [0.05, 0.1) is 10.7 Å². The molecule has 0 saturated carbocycles.